The van der Waals surface area contributed by atoms with Gasteiger partial charge in [0.15, 0.2) is 0 Å². The molecular weight excluding hydrogens is 170 g/mol. The van der Waals surface area contributed by atoms with E-state index in [9.17, 15) is 9.90 Å². The summed E-state index contributed by atoms with van der Waals surface area (Å²) in [5.41, 5.74) is 5.42. The molecule has 0 unspecified atom stereocenters. The number of nitriles is 1. The summed E-state index contributed by atoms with van der Waals surface area (Å²) in [5.74, 6) is -1.50. The zero-order valence-corrected chi connectivity index (χ0v) is 6.87. The maximum Gasteiger partial charge on any atom is 0.142 e. The minimum absolute atomic E-state index is 0.0818. The second kappa shape index (κ2) is 3.11. The van der Waals surface area contributed by atoms with Crippen molar-refractivity contribution in [3.63, 3.8) is 0 Å². The summed E-state index contributed by atoms with van der Waals surface area (Å²) >= 11 is 0. The Labute approximate surface area is 74.4 Å². The standard InChI is InChI=1S/C8H7N3O2/c1-4-2-5(8(12)13)6(3-9)7(10)11-4/h2H,1H3,(H2,10,11)(H,12,13)/p-1. The van der Waals surface area contributed by atoms with E-state index in [1.54, 1.807) is 13.0 Å². The van der Waals surface area contributed by atoms with Crippen LogP contribution in [0.4, 0.5) is 5.82 Å². The largest absolute Gasteiger partial charge is 0.545 e. The van der Waals surface area contributed by atoms with Crippen LogP contribution in [0.25, 0.3) is 0 Å². The number of aromatic nitrogens is 1. The Bertz CT molecular complexity index is 407. The van der Waals surface area contributed by atoms with Crippen molar-refractivity contribution >= 4 is 11.8 Å². The number of nitrogens with zero attached hydrogens (tertiary/aromatic N) is 2. The molecule has 0 atom stereocenters. The van der Waals surface area contributed by atoms with Crippen LogP contribution in [0.3, 0.4) is 0 Å². The maximum atomic E-state index is 10.5. The molecule has 66 valence electrons. The van der Waals surface area contributed by atoms with Crippen molar-refractivity contribution in [3.8, 4) is 6.07 Å². The van der Waals surface area contributed by atoms with E-state index in [4.69, 9.17) is 11.0 Å². The van der Waals surface area contributed by atoms with Crippen molar-refractivity contribution < 1.29 is 9.90 Å². The number of hydrogen-bond donors (Lipinski definition) is 1. The van der Waals surface area contributed by atoms with Gasteiger partial charge in [0.2, 0.25) is 0 Å². The smallest absolute Gasteiger partial charge is 0.142 e. The molecular formula is C8H6N3O2-. The molecule has 0 amide bonds. The first-order valence-electron chi connectivity index (χ1n) is 3.45. The molecule has 0 saturated heterocycles. The van der Waals surface area contributed by atoms with Crippen molar-refractivity contribution in [1.82, 2.24) is 4.98 Å². The number of aromatic carboxylic acids is 1. The summed E-state index contributed by atoms with van der Waals surface area (Å²) in [6, 6.07) is 2.92. The quantitative estimate of drug-likeness (QED) is 0.603. The number of hydrogen-bond acceptors (Lipinski definition) is 5. The number of pyridine rings is 1. The number of carbonyl (C=O) groups is 1. The SMILES string of the molecule is Cc1cc(C(=O)[O-])c(C#N)c(N)n1. The normalized spacial score (nSPS) is 9.23. The van der Waals surface area contributed by atoms with Crippen LogP contribution in [0.5, 0.6) is 0 Å². The Morgan fingerprint density at radius 3 is 2.85 bits per heavy atom. The van der Waals surface area contributed by atoms with Crippen LogP contribution >= 0.6 is 0 Å². The topological polar surface area (TPSA) is 103 Å². The number of rotatable bonds is 1. The molecule has 1 heterocycles. The Morgan fingerprint density at radius 2 is 2.38 bits per heavy atom. The summed E-state index contributed by atoms with van der Waals surface area (Å²) < 4.78 is 0. The van der Waals surface area contributed by atoms with E-state index in [0.717, 1.165) is 0 Å². The summed E-state index contributed by atoms with van der Waals surface area (Å²) in [6.45, 7) is 1.59. The molecule has 2 N–H and O–H groups in total. The second-order valence-electron chi connectivity index (χ2n) is 2.47. The number of nitrogen functional groups attached to an aromatic ring is 1. The van der Waals surface area contributed by atoms with Crippen LogP contribution in [-0.4, -0.2) is 11.0 Å². The molecule has 0 fully saturated rings. The zero-order valence-electron chi connectivity index (χ0n) is 6.87. The Morgan fingerprint density at radius 1 is 1.77 bits per heavy atom. The molecule has 0 aromatic carbocycles. The molecule has 1 rings (SSSR count). The van der Waals surface area contributed by atoms with Gasteiger partial charge in [-0.15, -0.1) is 0 Å². The molecule has 0 bridgehead atoms. The van der Waals surface area contributed by atoms with Crippen LogP contribution in [-0.2, 0) is 0 Å². The predicted molar refractivity (Wildman–Crippen MR) is 42.4 cm³/mol. The minimum atomic E-state index is -1.42. The van der Waals surface area contributed by atoms with Gasteiger partial charge in [-0.1, -0.05) is 0 Å². The van der Waals surface area contributed by atoms with Crippen LogP contribution in [0.15, 0.2) is 6.07 Å². The van der Waals surface area contributed by atoms with Gasteiger partial charge in [-0.2, -0.15) is 5.26 Å². The van der Waals surface area contributed by atoms with Crippen molar-refractivity contribution in [1.29, 1.82) is 5.26 Å². The highest BCUT2D eigenvalue weighted by atomic mass is 16.4. The van der Waals surface area contributed by atoms with Crippen LogP contribution in [0.1, 0.15) is 21.6 Å². The van der Waals surface area contributed by atoms with Crippen molar-refractivity contribution in [2.45, 2.75) is 6.92 Å². The van der Waals surface area contributed by atoms with E-state index < -0.39 is 5.97 Å². The molecule has 0 saturated carbocycles. The lowest BCUT2D eigenvalue weighted by Crippen LogP contribution is -2.24. The van der Waals surface area contributed by atoms with E-state index >= 15 is 0 Å². The molecule has 0 aliphatic heterocycles. The first-order chi connectivity index (χ1) is 6.06. The van der Waals surface area contributed by atoms with Gasteiger partial charge in [0.25, 0.3) is 0 Å². The fourth-order valence-electron chi connectivity index (χ4n) is 0.976. The molecule has 13 heavy (non-hydrogen) atoms. The summed E-state index contributed by atoms with van der Waals surface area (Å²) in [4.78, 5) is 14.3. The lowest BCUT2D eigenvalue weighted by atomic mass is 10.1. The number of nitrogens with two attached hydrogens (primary N) is 1. The number of carboxylic acid groups (broad SMARTS) is 1. The Balaban J connectivity index is 3.50. The molecule has 1 aromatic heterocycles. The highest BCUT2D eigenvalue weighted by molar-refractivity contribution is 5.90. The molecule has 5 nitrogen and oxygen atoms in total. The third kappa shape index (κ3) is 1.56. The molecule has 0 radical (unpaired) electrons. The van der Waals surface area contributed by atoms with Gasteiger partial charge >= 0.3 is 0 Å². The van der Waals surface area contributed by atoms with Crippen molar-refractivity contribution in [2.24, 2.45) is 0 Å². The van der Waals surface area contributed by atoms with Crippen LogP contribution in [0.2, 0.25) is 0 Å². The van der Waals surface area contributed by atoms with E-state index in [1.165, 1.54) is 6.07 Å². The summed E-state index contributed by atoms with van der Waals surface area (Å²) in [6.07, 6.45) is 0. The maximum absolute atomic E-state index is 10.5. The van der Waals surface area contributed by atoms with Gasteiger partial charge in [-0.3, -0.25) is 0 Å². The highest BCUT2D eigenvalue weighted by Crippen LogP contribution is 2.14. The fourth-order valence-corrected chi connectivity index (χ4v) is 0.976. The Hall–Kier alpha value is -2.09. The van der Waals surface area contributed by atoms with Crippen molar-refractivity contribution in [3.05, 3.63) is 22.9 Å². The first-order valence-corrected chi connectivity index (χ1v) is 3.45. The predicted octanol–water partition coefficient (Wildman–Crippen LogP) is -0.793. The first kappa shape index (κ1) is 9.00. The molecule has 5 heteroatoms. The van der Waals surface area contributed by atoms with E-state index in [0.29, 0.717) is 5.69 Å². The monoisotopic (exact) mass is 176 g/mol. The molecule has 0 aliphatic rings. The van der Waals surface area contributed by atoms with Gasteiger partial charge in [0.05, 0.1) is 5.97 Å². The number of carboxylic acids is 1. The van der Waals surface area contributed by atoms with Gasteiger partial charge in [0.1, 0.15) is 17.5 Å². The number of aryl methyl sites for hydroxylation is 1. The average molecular weight is 176 g/mol. The third-order valence-electron chi connectivity index (χ3n) is 1.51. The second-order valence-corrected chi connectivity index (χ2v) is 2.47. The van der Waals surface area contributed by atoms with Gasteiger partial charge in [0, 0.05) is 11.3 Å². The van der Waals surface area contributed by atoms with Crippen LogP contribution < -0.4 is 10.8 Å². The molecule has 0 aliphatic carbocycles. The van der Waals surface area contributed by atoms with E-state index in [2.05, 4.69) is 4.98 Å². The molecule has 0 spiro atoms. The van der Waals surface area contributed by atoms with Gasteiger partial charge in [-0.25, -0.2) is 4.98 Å². The highest BCUT2D eigenvalue weighted by Gasteiger charge is 2.08. The number of anilines is 1. The average Bonchev–Trinajstić information content (AvgIpc) is 2.02. The van der Waals surface area contributed by atoms with Gasteiger partial charge in [-0.05, 0) is 13.0 Å². The summed E-state index contributed by atoms with van der Waals surface area (Å²) in [7, 11) is 0. The fraction of sp³-hybridized carbons (Fsp3) is 0.125. The minimum Gasteiger partial charge on any atom is -0.545 e. The van der Waals surface area contributed by atoms with Crippen LogP contribution in [0, 0.1) is 18.3 Å². The lowest BCUT2D eigenvalue weighted by molar-refractivity contribution is -0.255. The lowest BCUT2D eigenvalue weighted by Gasteiger charge is -2.07. The van der Waals surface area contributed by atoms with E-state index in [-0.39, 0.29) is 16.9 Å². The number of carbonyl (C=O) groups excluding carboxylic acids is 1. The van der Waals surface area contributed by atoms with Gasteiger partial charge < -0.3 is 15.6 Å². The third-order valence-corrected chi connectivity index (χ3v) is 1.51. The molecule has 1 aromatic rings. The Kier molecular flexibility index (Phi) is 2.15. The van der Waals surface area contributed by atoms with E-state index in [1.807, 2.05) is 0 Å². The van der Waals surface area contributed by atoms with Crippen molar-refractivity contribution in [2.75, 3.05) is 5.73 Å². The summed E-state index contributed by atoms with van der Waals surface area (Å²) in [5, 5.41) is 19.1. The zero-order chi connectivity index (χ0) is 10.0.